The second-order valence-electron chi connectivity index (χ2n) is 4.45. The zero-order chi connectivity index (χ0) is 16.0. The van der Waals surface area contributed by atoms with E-state index < -0.39 is 27.8 Å². The first kappa shape index (κ1) is 21.0. The first-order valence-electron chi connectivity index (χ1n) is 6.05. The van der Waals surface area contributed by atoms with E-state index in [0.29, 0.717) is 6.42 Å². The number of rotatable bonds is 7. The van der Waals surface area contributed by atoms with Gasteiger partial charge in [-0.05, 0) is 36.6 Å². The standard InChI is InChI=1S/C12H18FN3O3S2.ClH/c1-20-6-5-10(14)12(17)15-8-3-4-9(13)11(7-8)16-21(2,18)19;/h3-4,7,10,16H,5-6,14H2,1-2H3,(H,15,17);1H/t10-;/m0./s1. The second kappa shape index (κ2) is 9.19. The number of sulfonamides is 1. The van der Waals surface area contributed by atoms with Crippen molar-refractivity contribution in [2.75, 3.05) is 28.3 Å². The van der Waals surface area contributed by atoms with E-state index in [-0.39, 0.29) is 23.8 Å². The summed E-state index contributed by atoms with van der Waals surface area (Å²) in [6.45, 7) is 0. The van der Waals surface area contributed by atoms with Crippen LogP contribution in [0.25, 0.3) is 0 Å². The monoisotopic (exact) mass is 371 g/mol. The smallest absolute Gasteiger partial charge is 0.241 e. The lowest BCUT2D eigenvalue weighted by Crippen LogP contribution is -2.36. The number of halogens is 2. The van der Waals surface area contributed by atoms with E-state index in [0.717, 1.165) is 18.1 Å². The summed E-state index contributed by atoms with van der Waals surface area (Å²) < 4.78 is 37.8. The molecule has 10 heteroatoms. The molecule has 0 aliphatic heterocycles. The minimum Gasteiger partial charge on any atom is -0.325 e. The van der Waals surface area contributed by atoms with Gasteiger partial charge in [0.05, 0.1) is 18.0 Å². The van der Waals surface area contributed by atoms with Crippen molar-refractivity contribution in [3.05, 3.63) is 24.0 Å². The SMILES string of the molecule is CSCC[C@H](N)C(=O)Nc1ccc(F)c(NS(C)(=O)=O)c1.Cl. The van der Waals surface area contributed by atoms with Crippen molar-refractivity contribution in [1.82, 2.24) is 0 Å². The Morgan fingerprint density at radius 3 is 2.64 bits per heavy atom. The van der Waals surface area contributed by atoms with Gasteiger partial charge in [-0.3, -0.25) is 9.52 Å². The lowest BCUT2D eigenvalue weighted by Gasteiger charge is -2.13. The minimum atomic E-state index is -3.60. The highest BCUT2D eigenvalue weighted by atomic mass is 35.5. The molecule has 1 amide bonds. The largest absolute Gasteiger partial charge is 0.325 e. The van der Waals surface area contributed by atoms with E-state index in [1.807, 2.05) is 11.0 Å². The van der Waals surface area contributed by atoms with Crippen LogP contribution in [0.3, 0.4) is 0 Å². The summed E-state index contributed by atoms with van der Waals surface area (Å²) in [7, 11) is -3.60. The highest BCUT2D eigenvalue weighted by Crippen LogP contribution is 2.20. The van der Waals surface area contributed by atoms with Gasteiger partial charge in [0.1, 0.15) is 5.82 Å². The van der Waals surface area contributed by atoms with E-state index in [1.165, 1.54) is 12.1 Å². The average Bonchev–Trinajstić information content (AvgIpc) is 2.38. The molecule has 0 aromatic heterocycles. The Kier molecular flexibility index (Phi) is 8.76. The number of nitrogens with two attached hydrogens (primary N) is 1. The van der Waals surface area contributed by atoms with Gasteiger partial charge in [0, 0.05) is 5.69 Å². The molecule has 6 nitrogen and oxygen atoms in total. The molecule has 0 radical (unpaired) electrons. The van der Waals surface area contributed by atoms with Crippen LogP contribution in [0, 0.1) is 5.82 Å². The number of anilines is 2. The predicted octanol–water partition coefficient (Wildman–Crippen LogP) is 1.64. The molecule has 1 aromatic rings. The van der Waals surface area contributed by atoms with E-state index in [2.05, 4.69) is 5.32 Å². The Labute approximate surface area is 139 Å². The molecule has 1 atom stereocenters. The molecule has 0 fully saturated rings. The number of thioether (sulfide) groups is 1. The van der Waals surface area contributed by atoms with Gasteiger partial charge in [0.25, 0.3) is 0 Å². The van der Waals surface area contributed by atoms with Gasteiger partial charge in [-0.2, -0.15) is 11.8 Å². The number of amides is 1. The Bertz CT molecular complexity index is 614. The molecule has 0 unspecified atom stereocenters. The predicted molar refractivity (Wildman–Crippen MR) is 91.7 cm³/mol. The third-order valence-electron chi connectivity index (χ3n) is 2.50. The lowest BCUT2D eigenvalue weighted by molar-refractivity contribution is -0.117. The Balaban J connectivity index is 0.00000441. The Morgan fingerprint density at radius 1 is 1.45 bits per heavy atom. The highest BCUT2D eigenvalue weighted by molar-refractivity contribution is 7.98. The third kappa shape index (κ3) is 7.30. The fraction of sp³-hybridized carbons (Fsp3) is 0.417. The molecule has 126 valence electrons. The topological polar surface area (TPSA) is 101 Å². The van der Waals surface area contributed by atoms with E-state index in [4.69, 9.17) is 5.73 Å². The summed E-state index contributed by atoms with van der Waals surface area (Å²) in [5.41, 5.74) is 5.75. The van der Waals surface area contributed by atoms with Gasteiger partial charge in [0.15, 0.2) is 0 Å². The summed E-state index contributed by atoms with van der Waals surface area (Å²) >= 11 is 1.58. The van der Waals surface area contributed by atoms with Gasteiger partial charge < -0.3 is 11.1 Å². The van der Waals surface area contributed by atoms with Crippen LogP contribution >= 0.6 is 24.2 Å². The molecule has 0 saturated carbocycles. The van der Waals surface area contributed by atoms with Crippen LogP contribution in [-0.4, -0.2) is 38.6 Å². The number of hydrogen-bond donors (Lipinski definition) is 3. The molecule has 22 heavy (non-hydrogen) atoms. The van der Waals surface area contributed by atoms with Crippen molar-refractivity contribution >= 4 is 51.5 Å². The first-order chi connectivity index (χ1) is 9.73. The van der Waals surface area contributed by atoms with Crippen LogP contribution in [0.15, 0.2) is 18.2 Å². The van der Waals surface area contributed by atoms with Gasteiger partial charge in [-0.25, -0.2) is 12.8 Å². The van der Waals surface area contributed by atoms with E-state index >= 15 is 0 Å². The van der Waals surface area contributed by atoms with E-state index in [1.54, 1.807) is 11.8 Å². The van der Waals surface area contributed by atoms with Crippen LogP contribution in [-0.2, 0) is 14.8 Å². The molecule has 4 N–H and O–H groups in total. The maximum atomic E-state index is 13.5. The second-order valence-corrected chi connectivity index (χ2v) is 7.18. The number of carbonyl (C=O) groups excluding carboxylic acids is 1. The molecule has 1 aromatic carbocycles. The Hall–Kier alpha value is -1.03. The summed E-state index contributed by atoms with van der Waals surface area (Å²) in [4.78, 5) is 11.8. The summed E-state index contributed by atoms with van der Waals surface area (Å²) in [5.74, 6) is -0.384. The molecule has 0 bridgehead atoms. The zero-order valence-corrected chi connectivity index (χ0v) is 14.6. The first-order valence-corrected chi connectivity index (χ1v) is 9.34. The summed E-state index contributed by atoms with van der Waals surface area (Å²) in [5, 5.41) is 2.53. The zero-order valence-electron chi connectivity index (χ0n) is 12.1. The van der Waals surface area contributed by atoms with Gasteiger partial charge in [-0.15, -0.1) is 12.4 Å². The van der Waals surface area contributed by atoms with Gasteiger partial charge >= 0.3 is 0 Å². The van der Waals surface area contributed by atoms with E-state index in [9.17, 15) is 17.6 Å². The number of nitrogens with one attached hydrogen (secondary N) is 2. The van der Waals surface area contributed by atoms with Crippen LogP contribution in [0.5, 0.6) is 0 Å². The molecular weight excluding hydrogens is 353 g/mol. The highest BCUT2D eigenvalue weighted by Gasteiger charge is 2.14. The van der Waals surface area contributed by atoms with Gasteiger partial charge in [0.2, 0.25) is 15.9 Å². The molecular formula is C12H19ClFN3O3S2. The molecule has 0 saturated heterocycles. The van der Waals surface area contributed by atoms with Gasteiger partial charge in [-0.1, -0.05) is 0 Å². The third-order valence-corrected chi connectivity index (χ3v) is 3.73. The average molecular weight is 372 g/mol. The van der Waals surface area contributed by atoms with Crippen LogP contribution in [0.4, 0.5) is 15.8 Å². The Morgan fingerprint density at radius 2 is 2.09 bits per heavy atom. The number of carbonyl (C=O) groups is 1. The van der Waals surface area contributed by atoms with Crippen molar-refractivity contribution in [1.29, 1.82) is 0 Å². The van der Waals surface area contributed by atoms with Crippen molar-refractivity contribution in [2.24, 2.45) is 5.73 Å². The molecule has 0 aliphatic carbocycles. The summed E-state index contributed by atoms with van der Waals surface area (Å²) in [6, 6.07) is 2.93. The number of hydrogen-bond acceptors (Lipinski definition) is 5. The van der Waals surface area contributed by atoms with Crippen LogP contribution in [0.2, 0.25) is 0 Å². The van der Waals surface area contributed by atoms with Crippen LogP contribution in [0.1, 0.15) is 6.42 Å². The molecule has 1 rings (SSSR count). The molecule has 0 aliphatic rings. The minimum absolute atomic E-state index is 0. The quantitative estimate of drug-likeness (QED) is 0.676. The van der Waals surface area contributed by atoms with Crippen molar-refractivity contribution in [3.63, 3.8) is 0 Å². The maximum Gasteiger partial charge on any atom is 0.241 e. The van der Waals surface area contributed by atoms with Crippen molar-refractivity contribution in [2.45, 2.75) is 12.5 Å². The van der Waals surface area contributed by atoms with Crippen LogP contribution < -0.4 is 15.8 Å². The number of benzene rings is 1. The maximum absolute atomic E-state index is 13.5. The molecule has 0 heterocycles. The molecule has 0 spiro atoms. The van der Waals surface area contributed by atoms with Crippen molar-refractivity contribution in [3.8, 4) is 0 Å². The fourth-order valence-electron chi connectivity index (χ4n) is 1.49. The normalized spacial score (nSPS) is 12.2. The summed E-state index contributed by atoms with van der Waals surface area (Å²) in [6.07, 6.45) is 3.34. The van der Waals surface area contributed by atoms with Crippen molar-refractivity contribution < 1.29 is 17.6 Å². The fourth-order valence-corrected chi connectivity index (χ4v) is 2.54. The lowest BCUT2D eigenvalue weighted by atomic mass is 10.2.